The van der Waals surface area contributed by atoms with Crippen molar-refractivity contribution >= 4 is 15.9 Å². The van der Waals surface area contributed by atoms with E-state index in [1.807, 2.05) is 19.1 Å². The molecule has 2 rings (SSSR count). The van der Waals surface area contributed by atoms with E-state index in [1.54, 1.807) is 12.3 Å². The number of nitrogens with one attached hydrogen (secondary N) is 1. The topological polar surface area (TPSA) is 34.4 Å². The Balaban J connectivity index is 1.78. The first-order valence-electron chi connectivity index (χ1n) is 5.99. The maximum absolute atomic E-state index is 13.2. The Morgan fingerprint density at radius 2 is 2.26 bits per heavy atom. The van der Waals surface area contributed by atoms with Crippen LogP contribution in [-0.4, -0.2) is 12.6 Å². The molecule has 0 saturated carbocycles. The summed E-state index contributed by atoms with van der Waals surface area (Å²) in [5.74, 6) is 1.07. The van der Waals surface area contributed by atoms with E-state index >= 15 is 0 Å². The predicted molar refractivity (Wildman–Crippen MR) is 74.6 cm³/mol. The number of ether oxygens (including phenoxy) is 1. The third kappa shape index (κ3) is 4.69. The molecule has 1 aromatic carbocycles. The minimum absolute atomic E-state index is 0.0661. The molecule has 0 aliphatic rings. The maximum atomic E-state index is 13.2. The van der Waals surface area contributed by atoms with Crippen molar-refractivity contribution in [1.29, 1.82) is 0 Å². The van der Waals surface area contributed by atoms with Crippen molar-refractivity contribution in [3.63, 3.8) is 0 Å². The van der Waals surface area contributed by atoms with E-state index in [1.165, 1.54) is 12.1 Å². The van der Waals surface area contributed by atoms with Crippen LogP contribution in [0, 0.1) is 5.82 Å². The fourth-order valence-electron chi connectivity index (χ4n) is 1.68. The van der Waals surface area contributed by atoms with Gasteiger partial charge in [-0.15, -0.1) is 0 Å². The highest BCUT2D eigenvalue weighted by Gasteiger charge is 2.06. The van der Waals surface area contributed by atoms with Crippen LogP contribution in [0.4, 0.5) is 4.39 Å². The number of halogens is 2. The third-order valence-corrected chi connectivity index (χ3v) is 2.94. The van der Waals surface area contributed by atoms with Gasteiger partial charge < -0.3 is 14.5 Å². The Morgan fingerprint density at radius 1 is 1.42 bits per heavy atom. The lowest BCUT2D eigenvalue weighted by Crippen LogP contribution is -2.28. The Labute approximate surface area is 119 Å². The van der Waals surface area contributed by atoms with Crippen LogP contribution in [-0.2, 0) is 6.54 Å². The van der Waals surface area contributed by atoms with E-state index < -0.39 is 0 Å². The summed E-state index contributed by atoms with van der Waals surface area (Å²) in [6.07, 6.45) is 1.57. The van der Waals surface area contributed by atoms with Gasteiger partial charge in [-0.25, -0.2) is 4.39 Å². The van der Waals surface area contributed by atoms with Gasteiger partial charge in [-0.1, -0.05) is 15.9 Å². The molecule has 1 aromatic heterocycles. The molecular formula is C14H15BrFNO2. The van der Waals surface area contributed by atoms with E-state index in [0.29, 0.717) is 23.3 Å². The monoisotopic (exact) mass is 327 g/mol. The van der Waals surface area contributed by atoms with Crippen molar-refractivity contribution in [3.05, 3.63) is 52.6 Å². The smallest absolute Gasteiger partial charge is 0.128 e. The highest BCUT2D eigenvalue weighted by molar-refractivity contribution is 9.10. The summed E-state index contributed by atoms with van der Waals surface area (Å²) in [5, 5.41) is 3.21. The van der Waals surface area contributed by atoms with Gasteiger partial charge in [0.2, 0.25) is 0 Å². The Morgan fingerprint density at radius 3 is 2.95 bits per heavy atom. The highest BCUT2D eigenvalue weighted by atomic mass is 79.9. The molecule has 1 N–H and O–H groups in total. The van der Waals surface area contributed by atoms with Gasteiger partial charge in [0, 0.05) is 17.1 Å². The molecule has 0 aliphatic carbocycles. The molecule has 102 valence electrons. The summed E-state index contributed by atoms with van der Waals surface area (Å²) in [7, 11) is 0. The van der Waals surface area contributed by atoms with E-state index in [4.69, 9.17) is 9.15 Å². The molecule has 0 aliphatic heterocycles. The summed E-state index contributed by atoms with van der Waals surface area (Å²) < 4.78 is 24.7. The minimum atomic E-state index is -0.319. The van der Waals surface area contributed by atoms with Crippen LogP contribution in [0.25, 0.3) is 0 Å². The summed E-state index contributed by atoms with van der Waals surface area (Å²) in [6.45, 7) is 3.22. The Hall–Kier alpha value is -1.33. The molecule has 5 heteroatoms. The normalized spacial score (nSPS) is 12.4. The molecule has 0 amide bonds. The van der Waals surface area contributed by atoms with Crippen LogP contribution in [0.2, 0.25) is 0 Å². The highest BCUT2D eigenvalue weighted by Crippen LogP contribution is 2.21. The van der Waals surface area contributed by atoms with Crippen molar-refractivity contribution in [2.75, 3.05) is 6.54 Å². The molecule has 0 saturated heterocycles. The molecular weight excluding hydrogens is 313 g/mol. The standard InChI is InChI=1S/C14H15BrFNO2/c1-10(8-17-9-13-3-2-4-18-13)19-14-6-11(15)5-12(16)7-14/h2-7,10,17H,8-9H2,1H3. The van der Waals surface area contributed by atoms with Gasteiger partial charge in [-0.2, -0.15) is 0 Å². The van der Waals surface area contributed by atoms with Gasteiger partial charge in [0.1, 0.15) is 23.4 Å². The van der Waals surface area contributed by atoms with Crippen molar-refractivity contribution in [1.82, 2.24) is 5.32 Å². The second-order valence-electron chi connectivity index (χ2n) is 4.24. The van der Waals surface area contributed by atoms with Crippen molar-refractivity contribution in [2.45, 2.75) is 19.6 Å². The molecule has 1 atom stereocenters. The average Bonchev–Trinajstić information content (AvgIpc) is 2.80. The van der Waals surface area contributed by atoms with Crippen molar-refractivity contribution in [3.8, 4) is 5.75 Å². The lowest BCUT2D eigenvalue weighted by atomic mass is 10.3. The zero-order valence-corrected chi connectivity index (χ0v) is 12.1. The van der Waals surface area contributed by atoms with Crippen molar-refractivity contribution < 1.29 is 13.5 Å². The lowest BCUT2D eigenvalue weighted by molar-refractivity contribution is 0.214. The Kier molecular flexibility index (Phi) is 4.99. The number of hydrogen-bond acceptors (Lipinski definition) is 3. The second-order valence-corrected chi connectivity index (χ2v) is 5.16. The van der Waals surface area contributed by atoms with E-state index in [9.17, 15) is 4.39 Å². The fourth-order valence-corrected chi connectivity index (χ4v) is 2.13. The molecule has 3 nitrogen and oxygen atoms in total. The number of hydrogen-bond donors (Lipinski definition) is 1. The van der Waals surface area contributed by atoms with Gasteiger partial charge in [-0.3, -0.25) is 0 Å². The Bertz CT molecular complexity index is 496. The SMILES string of the molecule is CC(CNCc1ccco1)Oc1cc(F)cc(Br)c1. The quantitative estimate of drug-likeness (QED) is 0.877. The average molecular weight is 328 g/mol. The summed E-state index contributed by atoms with van der Waals surface area (Å²) in [4.78, 5) is 0. The van der Waals surface area contributed by atoms with Crippen LogP contribution in [0.3, 0.4) is 0 Å². The summed E-state index contributed by atoms with van der Waals surface area (Å²) >= 11 is 3.23. The predicted octanol–water partition coefficient (Wildman–Crippen LogP) is 3.74. The maximum Gasteiger partial charge on any atom is 0.128 e. The van der Waals surface area contributed by atoms with Gasteiger partial charge in [-0.05, 0) is 31.2 Å². The van der Waals surface area contributed by atoms with Crippen LogP contribution in [0.1, 0.15) is 12.7 Å². The molecule has 1 heterocycles. The molecule has 2 aromatic rings. The van der Waals surface area contributed by atoms with Gasteiger partial charge >= 0.3 is 0 Å². The largest absolute Gasteiger partial charge is 0.489 e. The lowest BCUT2D eigenvalue weighted by Gasteiger charge is -2.15. The van der Waals surface area contributed by atoms with E-state index in [2.05, 4.69) is 21.2 Å². The molecule has 0 spiro atoms. The summed E-state index contributed by atoms with van der Waals surface area (Å²) in [5.41, 5.74) is 0. The first-order valence-corrected chi connectivity index (χ1v) is 6.78. The second kappa shape index (κ2) is 6.73. The number of benzene rings is 1. The van der Waals surface area contributed by atoms with Crippen LogP contribution < -0.4 is 10.1 Å². The van der Waals surface area contributed by atoms with Crippen LogP contribution in [0.15, 0.2) is 45.5 Å². The molecule has 1 unspecified atom stereocenters. The van der Waals surface area contributed by atoms with E-state index in [-0.39, 0.29) is 11.9 Å². The fraction of sp³-hybridized carbons (Fsp3) is 0.286. The third-order valence-electron chi connectivity index (χ3n) is 2.48. The van der Waals surface area contributed by atoms with Crippen LogP contribution >= 0.6 is 15.9 Å². The van der Waals surface area contributed by atoms with E-state index in [0.717, 1.165) is 5.76 Å². The molecule has 0 bridgehead atoms. The zero-order valence-electron chi connectivity index (χ0n) is 10.5. The first-order chi connectivity index (χ1) is 9.13. The zero-order chi connectivity index (χ0) is 13.7. The molecule has 0 fully saturated rings. The number of furan rings is 1. The van der Waals surface area contributed by atoms with Crippen LogP contribution in [0.5, 0.6) is 5.75 Å². The number of rotatable bonds is 6. The van der Waals surface area contributed by atoms with Gasteiger partial charge in [0.15, 0.2) is 0 Å². The van der Waals surface area contributed by atoms with Crippen molar-refractivity contribution in [2.24, 2.45) is 0 Å². The first kappa shape index (κ1) is 14.1. The van der Waals surface area contributed by atoms with Gasteiger partial charge in [0.25, 0.3) is 0 Å². The minimum Gasteiger partial charge on any atom is -0.489 e. The summed E-state index contributed by atoms with van der Waals surface area (Å²) in [6, 6.07) is 8.26. The molecule has 0 radical (unpaired) electrons. The molecule has 19 heavy (non-hydrogen) atoms. The van der Waals surface area contributed by atoms with Gasteiger partial charge in [0.05, 0.1) is 12.8 Å².